The van der Waals surface area contributed by atoms with Gasteiger partial charge in [-0.1, -0.05) is 6.07 Å². The number of amides is 1. The molecule has 8 nitrogen and oxygen atoms in total. The minimum atomic E-state index is -3.56. The molecule has 0 atom stereocenters. The number of hydrogen-bond donors (Lipinski definition) is 0. The van der Waals surface area contributed by atoms with Gasteiger partial charge in [0.15, 0.2) is 0 Å². The number of piperazine rings is 1. The van der Waals surface area contributed by atoms with E-state index < -0.39 is 10.0 Å². The quantitative estimate of drug-likeness (QED) is 0.531. The summed E-state index contributed by atoms with van der Waals surface area (Å²) < 4.78 is 33.4. The molecular weight excluding hydrogens is 460 g/mol. The zero-order valence-corrected chi connectivity index (χ0v) is 19.9. The molecule has 0 unspecified atom stereocenters. The molecule has 1 saturated heterocycles. The summed E-state index contributed by atoms with van der Waals surface area (Å²) in [5, 5.41) is 11.9. The van der Waals surface area contributed by atoms with Crippen molar-refractivity contribution in [3.63, 3.8) is 0 Å². The van der Waals surface area contributed by atoms with E-state index in [-0.39, 0.29) is 12.3 Å². The normalized spacial score (nSPS) is 17.2. The van der Waals surface area contributed by atoms with Crippen molar-refractivity contribution in [3.8, 4) is 11.5 Å². The Hall–Kier alpha value is -2.56. The van der Waals surface area contributed by atoms with Gasteiger partial charge in [-0.15, -0.1) is 10.2 Å². The number of carbonyl (C=O) groups excluding carboxylic acids is 1. The zero-order valence-electron chi connectivity index (χ0n) is 18.3. The van der Waals surface area contributed by atoms with Crippen molar-refractivity contribution in [2.75, 3.05) is 26.2 Å². The fourth-order valence-corrected chi connectivity index (χ4v) is 6.53. The van der Waals surface area contributed by atoms with Gasteiger partial charge in [-0.2, -0.15) is 15.6 Å². The Kier molecular flexibility index (Phi) is 6.31. The third kappa shape index (κ3) is 4.73. The highest BCUT2D eigenvalue weighted by Crippen LogP contribution is 2.26. The van der Waals surface area contributed by atoms with Crippen LogP contribution in [-0.2, 0) is 34.1 Å². The number of benzene rings is 1. The molecule has 33 heavy (non-hydrogen) atoms. The average Bonchev–Trinajstić information content (AvgIpc) is 3.54. The number of carbonyl (C=O) groups is 1. The van der Waals surface area contributed by atoms with Crippen molar-refractivity contribution in [3.05, 3.63) is 52.0 Å². The van der Waals surface area contributed by atoms with E-state index in [0.29, 0.717) is 49.3 Å². The zero-order chi connectivity index (χ0) is 22.8. The van der Waals surface area contributed by atoms with Crippen LogP contribution < -0.4 is 0 Å². The monoisotopic (exact) mass is 486 g/mol. The van der Waals surface area contributed by atoms with Crippen molar-refractivity contribution in [2.24, 2.45) is 0 Å². The number of hydrogen-bond acceptors (Lipinski definition) is 7. The predicted octanol–water partition coefficient (Wildman–Crippen LogP) is 3.14. The van der Waals surface area contributed by atoms with E-state index in [2.05, 4.69) is 10.2 Å². The topological polar surface area (TPSA) is 96.6 Å². The summed E-state index contributed by atoms with van der Waals surface area (Å²) in [5.41, 5.74) is 3.29. The smallest absolute Gasteiger partial charge is 0.248 e. The van der Waals surface area contributed by atoms with Crippen LogP contribution in [0.5, 0.6) is 0 Å². The molecule has 0 spiro atoms. The minimum absolute atomic E-state index is 0.0314. The number of aryl methyl sites for hydroxylation is 3. The Balaban J connectivity index is 1.15. The third-order valence-corrected chi connectivity index (χ3v) is 8.91. The molecule has 2 aromatic heterocycles. The molecule has 1 aliphatic carbocycles. The van der Waals surface area contributed by atoms with Gasteiger partial charge in [-0.3, -0.25) is 4.79 Å². The number of thiophene rings is 1. The van der Waals surface area contributed by atoms with E-state index in [0.717, 1.165) is 36.8 Å². The van der Waals surface area contributed by atoms with Gasteiger partial charge in [0.25, 0.3) is 0 Å². The molecule has 3 heterocycles. The van der Waals surface area contributed by atoms with Crippen LogP contribution in [0, 0.1) is 0 Å². The van der Waals surface area contributed by atoms with Crippen molar-refractivity contribution < 1.29 is 17.6 Å². The van der Waals surface area contributed by atoms with Gasteiger partial charge in [0.2, 0.25) is 27.7 Å². The molecule has 3 aromatic rings. The summed E-state index contributed by atoms with van der Waals surface area (Å²) in [6.45, 7) is 1.36. The largest absolute Gasteiger partial charge is 0.421 e. The summed E-state index contributed by atoms with van der Waals surface area (Å²) >= 11 is 1.55. The lowest BCUT2D eigenvalue weighted by atomic mass is 9.92. The summed E-state index contributed by atoms with van der Waals surface area (Å²) in [6.07, 6.45) is 4.85. The maximum Gasteiger partial charge on any atom is 0.248 e. The highest BCUT2D eigenvalue weighted by molar-refractivity contribution is 7.89. The Bertz CT molecular complexity index is 1230. The van der Waals surface area contributed by atoms with Gasteiger partial charge in [0, 0.05) is 50.0 Å². The van der Waals surface area contributed by atoms with Crippen LogP contribution in [-0.4, -0.2) is 59.9 Å². The van der Waals surface area contributed by atoms with Gasteiger partial charge < -0.3 is 9.32 Å². The van der Waals surface area contributed by atoms with Crippen molar-refractivity contribution in [1.82, 2.24) is 19.4 Å². The summed E-state index contributed by atoms with van der Waals surface area (Å²) in [7, 11) is -3.56. The Labute approximate surface area is 197 Å². The number of fused-ring (bicyclic) bond motifs is 1. The fourth-order valence-electron chi connectivity index (χ4n) is 4.43. The lowest BCUT2D eigenvalue weighted by Crippen LogP contribution is -2.50. The van der Waals surface area contributed by atoms with Crippen molar-refractivity contribution >= 4 is 27.3 Å². The van der Waals surface area contributed by atoms with Crippen LogP contribution in [0.15, 0.2) is 44.3 Å². The molecule has 1 aromatic carbocycles. The van der Waals surface area contributed by atoms with Crippen LogP contribution >= 0.6 is 11.3 Å². The second-order valence-electron chi connectivity index (χ2n) is 8.44. The first-order valence-electron chi connectivity index (χ1n) is 11.3. The molecule has 5 rings (SSSR count). The van der Waals surface area contributed by atoms with E-state index in [1.54, 1.807) is 22.3 Å². The highest BCUT2D eigenvalue weighted by Gasteiger charge is 2.30. The van der Waals surface area contributed by atoms with Crippen LogP contribution in [0.3, 0.4) is 0 Å². The van der Waals surface area contributed by atoms with Crippen LogP contribution in [0.2, 0.25) is 0 Å². The highest BCUT2D eigenvalue weighted by atomic mass is 32.2. The first-order chi connectivity index (χ1) is 16.0. The number of rotatable bonds is 6. The molecule has 1 aliphatic heterocycles. The molecule has 174 valence electrons. The van der Waals surface area contributed by atoms with Gasteiger partial charge in [-0.05, 0) is 60.4 Å². The summed E-state index contributed by atoms with van der Waals surface area (Å²) in [4.78, 5) is 14.7. The van der Waals surface area contributed by atoms with Crippen molar-refractivity contribution in [2.45, 2.75) is 43.4 Å². The molecule has 2 aliphatic rings. The molecule has 0 N–H and O–H groups in total. The van der Waals surface area contributed by atoms with Crippen LogP contribution in [0.1, 0.15) is 36.3 Å². The second-order valence-corrected chi connectivity index (χ2v) is 11.2. The van der Waals surface area contributed by atoms with E-state index >= 15 is 0 Å². The van der Waals surface area contributed by atoms with E-state index in [1.165, 1.54) is 9.87 Å². The molecule has 0 bridgehead atoms. The van der Waals surface area contributed by atoms with E-state index in [1.807, 2.05) is 29.0 Å². The number of sulfonamides is 1. The molecule has 0 radical (unpaired) electrons. The molecule has 0 saturated carbocycles. The van der Waals surface area contributed by atoms with Crippen molar-refractivity contribution in [1.29, 1.82) is 0 Å². The minimum Gasteiger partial charge on any atom is -0.421 e. The molecule has 1 fully saturated rings. The maximum atomic E-state index is 13.2. The number of aromatic nitrogens is 2. The lowest BCUT2D eigenvalue weighted by molar-refractivity contribution is -0.132. The maximum absolute atomic E-state index is 13.2. The fraction of sp³-hybridized carbons (Fsp3) is 0.435. The second kappa shape index (κ2) is 9.36. The Morgan fingerprint density at radius 3 is 2.58 bits per heavy atom. The molecule has 1 amide bonds. The SMILES string of the molecule is O=C(CCc1nnc(-c2ccsc2)o1)N1CCN(S(=O)(=O)c2ccc3c(c2)CCCC3)CC1. The first-order valence-corrected chi connectivity index (χ1v) is 13.6. The summed E-state index contributed by atoms with van der Waals surface area (Å²) in [5.74, 6) is 0.856. The van der Waals surface area contributed by atoms with E-state index in [9.17, 15) is 13.2 Å². The van der Waals surface area contributed by atoms with Gasteiger partial charge >= 0.3 is 0 Å². The standard InChI is InChI=1S/C23H26N4O4S2/c28-22(8-7-21-24-25-23(31-21)19-9-14-32-16-19)26-10-12-27(13-11-26)33(29,30)20-6-5-17-3-1-2-4-18(17)15-20/h5-6,9,14-16H,1-4,7-8,10-13H2. The summed E-state index contributed by atoms with van der Waals surface area (Å²) in [6, 6.07) is 7.44. The number of nitrogens with zero attached hydrogens (tertiary/aromatic N) is 4. The average molecular weight is 487 g/mol. The Morgan fingerprint density at radius 2 is 1.82 bits per heavy atom. The van der Waals surface area contributed by atoms with Crippen LogP contribution in [0.25, 0.3) is 11.5 Å². The van der Waals surface area contributed by atoms with Gasteiger partial charge in [0.1, 0.15) is 0 Å². The van der Waals surface area contributed by atoms with Crippen LogP contribution in [0.4, 0.5) is 0 Å². The van der Waals surface area contributed by atoms with Gasteiger partial charge in [-0.25, -0.2) is 8.42 Å². The van der Waals surface area contributed by atoms with E-state index in [4.69, 9.17) is 4.42 Å². The first kappa shape index (κ1) is 22.2. The van der Waals surface area contributed by atoms with Gasteiger partial charge in [0.05, 0.1) is 4.90 Å². The third-order valence-electron chi connectivity index (χ3n) is 6.34. The lowest BCUT2D eigenvalue weighted by Gasteiger charge is -2.34. The molecular formula is C23H26N4O4S2. The Morgan fingerprint density at radius 1 is 1.03 bits per heavy atom. The predicted molar refractivity (Wildman–Crippen MR) is 124 cm³/mol. The molecule has 10 heteroatoms.